The number of nitrogens with zero attached hydrogens (tertiary/aromatic N) is 9. The van der Waals surface area contributed by atoms with E-state index in [1.165, 1.54) is 14.0 Å². The first-order valence-corrected chi connectivity index (χ1v) is 25.2. The van der Waals surface area contributed by atoms with Crippen molar-refractivity contribution in [2.45, 2.75) is 200 Å². The minimum absolute atomic E-state index is 0.0307. The number of Topliss-reactive ketones (excluding diaryl/α,β-unsaturated/α-hetero) is 1. The summed E-state index contributed by atoms with van der Waals surface area (Å²) in [5.74, 6) is -2.63. The van der Waals surface area contributed by atoms with Crippen LogP contribution >= 0.6 is 0 Å². The van der Waals surface area contributed by atoms with Crippen LogP contribution in [0.3, 0.4) is 0 Å². The van der Waals surface area contributed by atoms with Gasteiger partial charge in [0.05, 0.1) is 66.4 Å². The van der Waals surface area contributed by atoms with Crippen LogP contribution in [0.5, 0.6) is 0 Å². The zero-order chi connectivity index (χ0) is 51.8. The second-order valence-electron chi connectivity index (χ2n) is 20.3. The zero-order valence-electron chi connectivity index (χ0n) is 43.3. The van der Waals surface area contributed by atoms with Gasteiger partial charge in [-0.05, 0) is 90.9 Å². The third kappa shape index (κ3) is 12.3. The quantitative estimate of drug-likeness (QED) is 0.0574. The summed E-state index contributed by atoms with van der Waals surface area (Å²) in [5.41, 5.74) is 29.2. The van der Waals surface area contributed by atoms with Crippen molar-refractivity contribution in [3.63, 3.8) is 0 Å². The second kappa shape index (κ2) is 25.2. The number of ketones is 1. The van der Waals surface area contributed by atoms with Crippen LogP contribution in [0.25, 0.3) is 31.3 Å². The van der Waals surface area contributed by atoms with E-state index in [0.29, 0.717) is 12.0 Å². The molecule has 0 spiro atoms. The SMILES string of the molecule is CCC1O[C@H](O[C@@H]2C(C)O[C@@H](O[C@@H]3C(COC(=O)c4ccccc4)O[C@H](OC)C(N=[N+]=[N-])[C@H]3C)C(C)[C@H]2C)C(N=[N+]=[N-])[C@@H](C)[C@@H]1O[C@@H]1O[C@@H](C(C)=O)[C@@H](O[C@H]2O[C@@H](CC)[C@@H](C)[C@H](C)C2N=[N+]=[N-])[C@H](C)C1C. The van der Waals surface area contributed by atoms with Crippen LogP contribution in [-0.4, -0.2) is 130 Å². The van der Waals surface area contributed by atoms with E-state index in [1.54, 1.807) is 30.3 Å². The topological polar surface area (TPSA) is 282 Å². The molecule has 0 saturated carbocycles. The molecule has 8 unspecified atom stereocenters. The molecule has 394 valence electrons. The van der Waals surface area contributed by atoms with Crippen molar-refractivity contribution < 1.29 is 61.7 Å². The highest BCUT2D eigenvalue weighted by Crippen LogP contribution is 2.44. The van der Waals surface area contributed by atoms with Crippen molar-refractivity contribution in [3.8, 4) is 0 Å². The molecule has 0 N–H and O–H groups in total. The molecule has 1 aromatic carbocycles. The van der Waals surface area contributed by atoms with Gasteiger partial charge in [-0.15, -0.1) is 0 Å². The molecule has 5 heterocycles. The van der Waals surface area contributed by atoms with Crippen molar-refractivity contribution in [1.29, 1.82) is 0 Å². The smallest absolute Gasteiger partial charge is 0.338 e. The number of azide groups is 3. The Kier molecular flexibility index (Phi) is 20.0. The Morgan fingerprint density at radius 3 is 1.54 bits per heavy atom. The summed E-state index contributed by atoms with van der Waals surface area (Å²) in [7, 11) is 1.45. The molecule has 22 nitrogen and oxygen atoms in total. The number of rotatable bonds is 18. The van der Waals surface area contributed by atoms with Gasteiger partial charge < -0.3 is 52.1 Å². The molecule has 22 heteroatoms. The number of benzene rings is 1. The Morgan fingerprint density at radius 1 is 0.535 bits per heavy atom. The first kappa shape index (κ1) is 56.2. The highest BCUT2D eigenvalue weighted by molar-refractivity contribution is 5.89. The molecule has 5 fully saturated rings. The van der Waals surface area contributed by atoms with Crippen LogP contribution in [0.4, 0.5) is 0 Å². The van der Waals surface area contributed by atoms with E-state index in [4.69, 9.17) is 52.1 Å². The normalized spacial score (nSPS) is 43.7. The number of carbonyl (C=O) groups is 2. The van der Waals surface area contributed by atoms with Crippen LogP contribution in [0.2, 0.25) is 0 Å². The third-order valence-electron chi connectivity index (χ3n) is 16.1. The van der Waals surface area contributed by atoms with Crippen LogP contribution in [0.1, 0.15) is 106 Å². The molecule has 5 aliphatic heterocycles. The maximum atomic E-state index is 13.4. The monoisotopic (exact) mass is 998 g/mol. The largest absolute Gasteiger partial charge is 0.459 e. The lowest BCUT2D eigenvalue weighted by Gasteiger charge is -2.51. The molecule has 5 saturated heterocycles. The highest BCUT2D eigenvalue weighted by atomic mass is 16.8. The van der Waals surface area contributed by atoms with Crippen molar-refractivity contribution in [1.82, 2.24) is 0 Å². The van der Waals surface area contributed by atoms with Gasteiger partial charge in [0, 0.05) is 33.7 Å². The Labute approximate surface area is 416 Å². The molecular weight excluding hydrogens is 923 g/mol. The highest BCUT2D eigenvalue weighted by Gasteiger charge is 2.54. The molecule has 1 aromatic rings. The number of esters is 1. The van der Waals surface area contributed by atoms with Crippen LogP contribution in [0.15, 0.2) is 45.7 Å². The summed E-state index contributed by atoms with van der Waals surface area (Å²) in [6, 6.07) is 6.40. The zero-order valence-corrected chi connectivity index (χ0v) is 43.3. The molecule has 71 heavy (non-hydrogen) atoms. The molecule has 0 amide bonds. The van der Waals surface area contributed by atoms with E-state index in [2.05, 4.69) is 37.0 Å². The van der Waals surface area contributed by atoms with E-state index in [-0.39, 0.29) is 54.0 Å². The average molecular weight is 998 g/mol. The van der Waals surface area contributed by atoms with Gasteiger partial charge in [0.25, 0.3) is 0 Å². The van der Waals surface area contributed by atoms with Crippen LogP contribution in [0, 0.1) is 47.3 Å². The molecule has 0 aromatic heterocycles. The third-order valence-corrected chi connectivity index (χ3v) is 16.1. The molecule has 25 atom stereocenters. The minimum atomic E-state index is -1.02. The summed E-state index contributed by atoms with van der Waals surface area (Å²) in [6.45, 7) is 23.0. The van der Waals surface area contributed by atoms with Gasteiger partial charge in [0.1, 0.15) is 18.8 Å². The fourth-order valence-corrected chi connectivity index (χ4v) is 11.0. The summed E-state index contributed by atoms with van der Waals surface area (Å²) < 4.78 is 70.8. The molecule has 5 aliphatic rings. The van der Waals surface area contributed by atoms with Crippen molar-refractivity contribution in [2.24, 2.45) is 62.7 Å². The van der Waals surface area contributed by atoms with Gasteiger partial charge in [-0.3, -0.25) is 4.79 Å². The number of methoxy groups -OCH3 is 1. The van der Waals surface area contributed by atoms with Crippen LogP contribution < -0.4 is 0 Å². The van der Waals surface area contributed by atoms with E-state index in [0.717, 1.165) is 6.42 Å². The van der Waals surface area contributed by atoms with E-state index in [1.807, 2.05) is 69.2 Å². The van der Waals surface area contributed by atoms with Gasteiger partial charge in [0.15, 0.2) is 37.2 Å². The summed E-state index contributed by atoms with van der Waals surface area (Å²) in [5, 5.41) is 12.3. The summed E-state index contributed by atoms with van der Waals surface area (Å²) in [6.07, 6.45) is -8.89. The fourth-order valence-electron chi connectivity index (χ4n) is 11.0. The number of hydrogen-bond donors (Lipinski definition) is 0. The Balaban J connectivity index is 1.14. The van der Waals surface area contributed by atoms with Crippen molar-refractivity contribution in [3.05, 3.63) is 67.2 Å². The lowest BCUT2D eigenvalue weighted by molar-refractivity contribution is -0.353. The van der Waals surface area contributed by atoms with Gasteiger partial charge in [-0.2, -0.15) is 0 Å². The predicted octanol–water partition coefficient (Wildman–Crippen LogP) is 9.21. The fraction of sp³-hybridized carbons (Fsp3) is 0.837. The van der Waals surface area contributed by atoms with Crippen molar-refractivity contribution in [2.75, 3.05) is 13.7 Å². The summed E-state index contributed by atoms with van der Waals surface area (Å²) in [4.78, 5) is 35.7. The average Bonchev–Trinajstić information content (AvgIpc) is 3.36. The Morgan fingerprint density at radius 2 is 1.00 bits per heavy atom. The molecule has 0 aliphatic carbocycles. The van der Waals surface area contributed by atoms with Crippen LogP contribution in [-0.2, 0) is 56.9 Å². The van der Waals surface area contributed by atoms with Gasteiger partial charge in [0.2, 0.25) is 0 Å². The first-order chi connectivity index (χ1) is 33.9. The number of carbonyl (C=O) groups excluding carboxylic acids is 2. The molecule has 6 rings (SSSR count). The molecule has 0 radical (unpaired) electrons. The lowest BCUT2D eigenvalue weighted by Crippen LogP contribution is -2.61. The standard InChI is InChI=1S/C49H75N9O13/c1-14-33-22(3)23(4)36(53-56-50)48(64-33)70-42-25(6)27(8)46(71-43(42)30(11)59)68-40-29(10)38(55-58-52)49(65-34(40)15-2)67-39-24(5)26(7)45(63-31(39)12)69-41-28(9)37(54-57-51)47(61-13)66-35(41)21-62-44(60)32-19-17-16-18-20-32/h16-20,22-29,31,33-43,45-49H,14-15,21H2,1-13H3/t22-,23-,24+,25+,26?,27?,28+,29+,31?,33-,34?,35?,36?,37?,38?,39-,40-,41-,42-,43-,45-,46+,47-,48+,49+/m0/s1. The van der Waals surface area contributed by atoms with Gasteiger partial charge >= 0.3 is 5.97 Å². The maximum Gasteiger partial charge on any atom is 0.338 e. The number of hydrogen-bond acceptors (Lipinski definition) is 16. The maximum absolute atomic E-state index is 13.4. The van der Waals surface area contributed by atoms with Crippen molar-refractivity contribution >= 4 is 11.8 Å². The molecular formula is C49H75N9O13. The molecule has 0 bridgehead atoms. The summed E-state index contributed by atoms with van der Waals surface area (Å²) >= 11 is 0. The first-order valence-electron chi connectivity index (χ1n) is 25.2. The second-order valence-corrected chi connectivity index (χ2v) is 20.3. The van der Waals surface area contributed by atoms with Gasteiger partial charge in [-0.1, -0.05) is 103 Å². The predicted molar refractivity (Wildman–Crippen MR) is 256 cm³/mol. The Bertz CT molecular complexity index is 2080. The number of ether oxygens (including phenoxy) is 11. The lowest BCUT2D eigenvalue weighted by atomic mass is 9.80. The van der Waals surface area contributed by atoms with E-state index in [9.17, 15) is 26.2 Å². The Hall–Kier alpha value is -4.11. The van der Waals surface area contributed by atoms with Gasteiger partial charge in [-0.25, -0.2) is 4.79 Å². The van der Waals surface area contributed by atoms with E-state index < -0.39 is 116 Å². The van der Waals surface area contributed by atoms with E-state index >= 15 is 0 Å². The minimum Gasteiger partial charge on any atom is -0.459 e.